The lowest BCUT2D eigenvalue weighted by Crippen LogP contribution is -2.24. The summed E-state index contributed by atoms with van der Waals surface area (Å²) in [7, 11) is 0. The maximum atomic E-state index is 12.2. The number of benzene rings is 2. The van der Waals surface area contributed by atoms with Gasteiger partial charge >= 0.3 is 5.97 Å². The van der Waals surface area contributed by atoms with Gasteiger partial charge < -0.3 is 10.1 Å². The summed E-state index contributed by atoms with van der Waals surface area (Å²) in [6.45, 7) is 1.50. The van der Waals surface area contributed by atoms with Crippen LogP contribution in [0, 0.1) is 11.3 Å². The van der Waals surface area contributed by atoms with Crippen LogP contribution in [0.1, 0.15) is 30.4 Å². The normalized spacial score (nSPS) is 11.2. The van der Waals surface area contributed by atoms with E-state index < -0.39 is 17.8 Å². The third-order valence-electron chi connectivity index (χ3n) is 3.56. The summed E-state index contributed by atoms with van der Waals surface area (Å²) < 4.78 is 5.12. The number of hydrogen-bond acceptors (Lipinski definition) is 4. The largest absolute Gasteiger partial charge is 0.455 e. The Hall–Kier alpha value is -3.13. The first kappa shape index (κ1) is 17.2. The quantitative estimate of drug-likeness (QED) is 0.828. The second kappa shape index (κ2) is 8.49. The van der Waals surface area contributed by atoms with E-state index >= 15 is 0 Å². The molecular weight excluding hydrogens is 304 g/mol. The van der Waals surface area contributed by atoms with Gasteiger partial charge in [0.15, 0.2) is 6.61 Å². The number of carbonyl (C=O) groups is 2. The molecule has 0 fully saturated rings. The number of esters is 1. The van der Waals surface area contributed by atoms with Crippen molar-refractivity contribution in [1.29, 1.82) is 5.26 Å². The Morgan fingerprint density at radius 1 is 1.12 bits per heavy atom. The number of carbonyl (C=O) groups excluding carboxylic acids is 2. The molecule has 0 saturated heterocycles. The highest BCUT2D eigenvalue weighted by Crippen LogP contribution is 2.20. The molecule has 0 spiro atoms. The van der Waals surface area contributed by atoms with Crippen molar-refractivity contribution in [2.24, 2.45) is 0 Å². The van der Waals surface area contributed by atoms with E-state index in [2.05, 4.69) is 5.32 Å². The van der Waals surface area contributed by atoms with Gasteiger partial charge in [-0.1, -0.05) is 49.4 Å². The predicted molar refractivity (Wildman–Crippen MR) is 90.2 cm³/mol. The van der Waals surface area contributed by atoms with Gasteiger partial charge in [0, 0.05) is 0 Å². The molecule has 1 N–H and O–H groups in total. The van der Waals surface area contributed by atoms with Gasteiger partial charge in [-0.25, -0.2) is 0 Å². The standard InChI is InChI=1S/C19H18N2O3/c1-2-16(14-8-4-3-5-9-14)19(23)24-13-18(22)21-17-11-7-6-10-15(17)12-20/h3-11,16H,2,13H2,1H3,(H,21,22). The Kier molecular flexibility index (Phi) is 6.09. The summed E-state index contributed by atoms with van der Waals surface area (Å²) >= 11 is 0. The third-order valence-corrected chi connectivity index (χ3v) is 3.56. The Morgan fingerprint density at radius 2 is 1.79 bits per heavy atom. The second-order valence-corrected chi connectivity index (χ2v) is 5.18. The fourth-order valence-corrected chi connectivity index (χ4v) is 2.34. The van der Waals surface area contributed by atoms with Crippen molar-refractivity contribution in [2.45, 2.75) is 19.3 Å². The minimum absolute atomic E-state index is 0.355. The number of ether oxygens (including phenoxy) is 1. The van der Waals surface area contributed by atoms with Crippen molar-refractivity contribution in [3.05, 3.63) is 65.7 Å². The first-order valence-corrected chi connectivity index (χ1v) is 7.66. The van der Waals surface area contributed by atoms with E-state index in [0.29, 0.717) is 17.7 Å². The van der Waals surface area contributed by atoms with Crippen LogP contribution in [0.2, 0.25) is 0 Å². The van der Waals surface area contributed by atoms with Crippen LogP contribution in [0.5, 0.6) is 0 Å². The summed E-state index contributed by atoms with van der Waals surface area (Å²) in [5.41, 5.74) is 1.62. The number of para-hydroxylation sites is 1. The van der Waals surface area contributed by atoms with Crippen LogP contribution >= 0.6 is 0 Å². The van der Waals surface area contributed by atoms with Crippen molar-refractivity contribution < 1.29 is 14.3 Å². The first-order chi connectivity index (χ1) is 11.7. The average molecular weight is 322 g/mol. The van der Waals surface area contributed by atoms with Crippen molar-refractivity contribution in [3.63, 3.8) is 0 Å². The van der Waals surface area contributed by atoms with Crippen LogP contribution in [-0.4, -0.2) is 18.5 Å². The highest BCUT2D eigenvalue weighted by molar-refractivity contribution is 5.94. The number of nitrogens with zero attached hydrogens (tertiary/aromatic N) is 1. The number of hydrogen-bond donors (Lipinski definition) is 1. The minimum Gasteiger partial charge on any atom is -0.455 e. The summed E-state index contributed by atoms with van der Waals surface area (Å²) in [6.07, 6.45) is 0.585. The monoisotopic (exact) mass is 322 g/mol. The number of anilines is 1. The molecule has 2 rings (SSSR count). The Balaban J connectivity index is 1.93. The lowest BCUT2D eigenvalue weighted by Gasteiger charge is -2.14. The molecule has 0 aliphatic heterocycles. The van der Waals surface area contributed by atoms with E-state index in [9.17, 15) is 9.59 Å². The number of nitrogens with one attached hydrogen (secondary N) is 1. The fraction of sp³-hybridized carbons (Fsp3) is 0.211. The van der Waals surface area contributed by atoms with E-state index in [0.717, 1.165) is 5.56 Å². The molecule has 2 aromatic rings. The smallest absolute Gasteiger partial charge is 0.313 e. The molecule has 0 aromatic heterocycles. The van der Waals surface area contributed by atoms with Crippen LogP contribution in [0.15, 0.2) is 54.6 Å². The topological polar surface area (TPSA) is 79.2 Å². The van der Waals surface area contributed by atoms with Crippen molar-refractivity contribution in [2.75, 3.05) is 11.9 Å². The molecule has 1 amide bonds. The Bertz CT molecular complexity index is 751. The van der Waals surface area contributed by atoms with Crippen LogP contribution in [0.25, 0.3) is 0 Å². The summed E-state index contributed by atoms with van der Waals surface area (Å²) in [5, 5.41) is 11.6. The van der Waals surface area contributed by atoms with Gasteiger partial charge in [-0.15, -0.1) is 0 Å². The van der Waals surface area contributed by atoms with E-state index in [-0.39, 0.29) is 6.61 Å². The molecule has 122 valence electrons. The highest BCUT2D eigenvalue weighted by atomic mass is 16.5. The lowest BCUT2D eigenvalue weighted by molar-refractivity contribution is -0.149. The molecule has 0 aliphatic carbocycles. The molecule has 0 heterocycles. The summed E-state index contributed by atoms with van der Waals surface area (Å²) in [4.78, 5) is 24.1. The molecule has 0 radical (unpaired) electrons. The summed E-state index contributed by atoms with van der Waals surface area (Å²) in [5.74, 6) is -1.31. The maximum Gasteiger partial charge on any atom is 0.313 e. The van der Waals surface area contributed by atoms with Crippen LogP contribution in [-0.2, 0) is 14.3 Å². The van der Waals surface area contributed by atoms with Crippen LogP contribution < -0.4 is 5.32 Å². The van der Waals surface area contributed by atoms with E-state index in [1.165, 1.54) is 0 Å². The van der Waals surface area contributed by atoms with Crippen LogP contribution in [0.3, 0.4) is 0 Å². The highest BCUT2D eigenvalue weighted by Gasteiger charge is 2.21. The Labute approximate surface area is 140 Å². The molecule has 5 heteroatoms. The maximum absolute atomic E-state index is 12.2. The van der Waals surface area contributed by atoms with Gasteiger partial charge in [0.2, 0.25) is 0 Å². The number of amides is 1. The zero-order chi connectivity index (χ0) is 17.4. The van der Waals surface area contributed by atoms with Gasteiger partial charge in [-0.3, -0.25) is 9.59 Å². The van der Waals surface area contributed by atoms with Gasteiger partial charge in [-0.2, -0.15) is 5.26 Å². The van der Waals surface area contributed by atoms with Crippen molar-refractivity contribution >= 4 is 17.6 Å². The van der Waals surface area contributed by atoms with Gasteiger partial charge in [0.1, 0.15) is 6.07 Å². The zero-order valence-electron chi connectivity index (χ0n) is 13.4. The van der Waals surface area contributed by atoms with Crippen LogP contribution in [0.4, 0.5) is 5.69 Å². The number of nitriles is 1. The van der Waals surface area contributed by atoms with Gasteiger partial charge in [0.25, 0.3) is 5.91 Å². The molecular formula is C19H18N2O3. The lowest BCUT2D eigenvalue weighted by atomic mass is 9.97. The van der Waals surface area contributed by atoms with Gasteiger partial charge in [-0.05, 0) is 24.1 Å². The average Bonchev–Trinajstić information content (AvgIpc) is 2.62. The first-order valence-electron chi connectivity index (χ1n) is 7.66. The number of rotatable bonds is 6. The van der Waals surface area contributed by atoms with E-state index in [1.54, 1.807) is 24.3 Å². The van der Waals surface area contributed by atoms with Gasteiger partial charge in [0.05, 0.1) is 17.2 Å². The fourth-order valence-electron chi connectivity index (χ4n) is 2.34. The Morgan fingerprint density at radius 3 is 2.46 bits per heavy atom. The molecule has 0 bridgehead atoms. The molecule has 1 unspecified atom stereocenters. The predicted octanol–water partition coefficient (Wildman–Crippen LogP) is 3.23. The third kappa shape index (κ3) is 4.43. The molecule has 1 atom stereocenters. The van der Waals surface area contributed by atoms with Crippen molar-refractivity contribution in [1.82, 2.24) is 0 Å². The zero-order valence-corrected chi connectivity index (χ0v) is 13.4. The molecule has 5 nitrogen and oxygen atoms in total. The molecule has 2 aromatic carbocycles. The minimum atomic E-state index is -0.478. The molecule has 24 heavy (non-hydrogen) atoms. The molecule has 0 aliphatic rings. The SMILES string of the molecule is CCC(C(=O)OCC(=O)Nc1ccccc1C#N)c1ccccc1. The van der Waals surface area contributed by atoms with E-state index in [4.69, 9.17) is 10.00 Å². The van der Waals surface area contributed by atoms with E-state index in [1.807, 2.05) is 43.3 Å². The summed E-state index contributed by atoms with van der Waals surface area (Å²) in [6, 6.07) is 17.9. The molecule has 0 saturated carbocycles. The second-order valence-electron chi connectivity index (χ2n) is 5.18. The van der Waals surface area contributed by atoms with Crippen molar-refractivity contribution in [3.8, 4) is 6.07 Å².